The van der Waals surface area contributed by atoms with E-state index in [1.54, 1.807) is 37.3 Å². The molecule has 1 fully saturated rings. The molecule has 2 aromatic rings. The Balaban J connectivity index is 1.69. The summed E-state index contributed by atoms with van der Waals surface area (Å²) in [6.45, 7) is 2.37. The minimum atomic E-state index is -0.392. The van der Waals surface area contributed by atoms with Crippen molar-refractivity contribution >= 4 is 23.2 Å². The van der Waals surface area contributed by atoms with Gasteiger partial charge in [-0.25, -0.2) is 0 Å². The number of nitrogens with zero attached hydrogens (tertiary/aromatic N) is 1. The lowest BCUT2D eigenvalue weighted by Crippen LogP contribution is -2.28. The highest BCUT2D eigenvalue weighted by Crippen LogP contribution is 2.31. The molecule has 2 amide bonds. The van der Waals surface area contributed by atoms with Gasteiger partial charge in [-0.3, -0.25) is 9.59 Å². The van der Waals surface area contributed by atoms with Crippen molar-refractivity contribution in [3.63, 3.8) is 0 Å². The Morgan fingerprint density at radius 2 is 1.77 bits per heavy atom. The van der Waals surface area contributed by atoms with Crippen LogP contribution in [0.1, 0.15) is 12.0 Å². The molecule has 1 N–H and O–H groups in total. The fourth-order valence-corrected chi connectivity index (χ4v) is 3.02. The molecule has 1 heterocycles. The number of anilines is 2. The molecule has 0 spiro atoms. The predicted octanol–water partition coefficient (Wildman–Crippen LogP) is 3.00. The summed E-state index contributed by atoms with van der Waals surface area (Å²) in [7, 11) is 3.10. The molecule has 1 aliphatic rings. The molecule has 0 aliphatic carbocycles. The third kappa shape index (κ3) is 3.64. The molecule has 0 bridgehead atoms. The number of amides is 2. The highest BCUT2D eigenvalue weighted by Gasteiger charge is 2.35. The number of nitrogens with one attached hydrogen (secondary N) is 1. The van der Waals surface area contributed by atoms with E-state index in [-0.39, 0.29) is 18.2 Å². The third-order valence-corrected chi connectivity index (χ3v) is 4.49. The zero-order valence-corrected chi connectivity index (χ0v) is 15.1. The van der Waals surface area contributed by atoms with E-state index in [9.17, 15) is 9.59 Å². The Bertz CT molecular complexity index is 817. The largest absolute Gasteiger partial charge is 0.493 e. The molecule has 6 heteroatoms. The first-order chi connectivity index (χ1) is 12.5. The number of ether oxygens (including phenoxy) is 2. The van der Waals surface area contributed by atoms with Crippen LogP contribution in [0.4, 0.5) is 11.4 Å². The summed E-state index contributed by atoms with van der Waals surface area (Å²) in [6, 6.07) is 12.9. The van der Waals surface area contributed by atoms with Gasteiger partial charge in [0.25, 0.3) is 0 Å². The van der Waals surface area contributed by atoms with Gasteiger partial charge in [0.15, 0.2) is 11.5 Å². The van der Waals surface area contributed by atoms with Crippen LogP contribution in [-0.4, -0.2) is 32.6 Å². The van der Waals surface area contributed by atoms with Crippen molar-refractivity contribution in [2.24, 2.45) is 5.92 Å². The van der Waals surface area contributed by atoms with Gasteiger partial charge in [0.2, 0.25) is 11.8 Å². The molecule has 1 aliphatic heterocycles. The Morgan fingerprint density at radius 1 is 1.08 bits per heavy atom. The summed E-state index contributed by atoms with van der Waals surface area (Å²) in [6.07, 6.45) is 0.201. The molecular formula is C20H22N2O4. The van der Waals surface area contributed by atoms with Gasteiger partial charge < -0.3 is 19.7 Å². The van der Waals surface area contributed by atoms with Crippen molar-refractivity contribution < 1.29 is 19.1 Å². The van der Waals surface area contributed by atoms with E-state index < -0.39 is 5.92 Å². The van der Waals surface area contributed by atoms with Crippen molar-refractivity contribution in [1.82, 2.24) is 0 Å². The maximum atomic E-state index is 12.6. The van der Waals surface area contributed by atoms with Crippen molar-refractivity contribution in [3.05, 3.63) is 48.0 Å². The molecule has 6 nitrogen and oxygen atoms in total. The maximum absolute atomic E-state index is 12.6. The average molecular weight is 354 g/mol. The highest BCUT2D eigenvalue weighted by atomic mass is 16.5. The van der Waals surface area contributed by atoms with Crippen LogP contribution in [0, 0.1) is 12.8 Å². The molecular weight excluding hydrogens is 332 g/mol. The summed E-state index contributed by atoms with van der Waals surface area (Å²) >= 11 is 0. The lowest BCUT2D eigenvalue weighted by molar-refractivity contribution is -0.122. The van der Waals surface area contributed by atoms with E-state index in [2.05, 4.69) is 5.32 Å². The lowest BCUT2D eigenvalue weighted by Gasteiger charge is -2.17. The second-order valence-electron chi connectivity index (χ2n) is 6.30. The number of benzene rings is 2. The topological polar surface area (TPSA) is 67.9 Å². The normalized spacial score (nSPS) is 16.5. The average Bonchev–Trinajstić information content (AvgIpc) is 3.04. The number of hydrogen-bond donors (Lipinski definition) is 1. The van der Waals surface area contributed by atoms with Gasteiger partial charge in [-0.2, -0.15) is 0 Å². The SMILES string of the molecule is COc1ccc(NC(=O)C2CC(=O)N(c3ccc(C)cc3)C2)cc1OC. The van der Waals surface area contributed by atoms with Crippen LogP contribution in [0.3, 0.4) is 0 Å². The number of carbonyl (C=O) groups is 2. The van der Waals surface area contributed by atoms with Gasteiger partial charge in [0, 0.05) is 30.4 Å². The van der Waals surface area contributed by atoms with E-state index in [0.29, 0.717) is 23.7 Å². The van der Waals surface area contributed by atoms with E-state index >= 15 is 0 Å². The zero-order valence-electron chi connectivity index (χ0n) is 15.1. The van der Waals surface area contributed by atoms with Crippen molar-refractivity contribution in [2.75, 3.05) is 31.0 Å². The zero-order chi connectivity index (χ0) is 18.7. The highest BCUT2D eigenvalue weighted by molar-refractivity contribution is 6.03. The van der Waals surface area contributed by atoms with Crippen LogP contribution in [0.2, 0.25) is 0 Å². The van der Waals surface area contributed by atoms with Gasteiger partial charge in [-0.1, -0.05) is 17.7 Å². The number of hydrogen-bond acceptors (Lipinski definition) is 4. The molecule has 0 radical (unpaired) electrons. The smallest absolute Gasteiger partial charge is 0.229 e. The van der Waals surface area contributed by atoms with Gasteiger partial charge in [0.05, 0.1) is 20.1 Å². The molecule has 1 atom stereocenters. The molecule has 3 rings (SSSR count). The van der Waals surface area contributed by atoms with E-state index in [1.807, 2.05) is 31.2 Å². The van der Waals surface area contributed by atoms with Gasteiger partial charge >= 0.3 is 0 Å². The molecule has 1 saturated heterocycles. The second kappa shape index (κ2) is 7.47. The van der Waals surface area contributed by atoms with Crippen LogP contribution in [-0.2, 0) is 9.59 Å². The Kier molecular flexibility index (Phi) is 5.11. The maximum Gasteiger partial charge on any atom is 0.229 e. The van der Waals surface area contributed by atoms with Crippen LogP contribution in [0.15, 0.2) is 42.5 Å². The predicted molar refractivity (Wildman–Crippen MR) is 99.8 cm³/mol. The molecule has 2 aromatic carbocycles. The van der Waals surface area contributed by atoms with Crippen molar-refractivity contribution in [3.8, 4) is 11.5 Å². The second-order valence-corrected chi connectivity index (χ2v) is 6.30. The van der Waals surface area contributed by atoms with Gasteiger partial charge in [0.1, 0.15) is 0 Å². The Hall–Kier alpha value is -3.02. The molecule has 1 unspecified atom stereocenters. The first-order valence-corrected chi connectivity index (χ1v) is 8.41. The quantitative estimate of drug-likeness (QED) is 0.896. The summed E-state index contributed by atoms with van der Waals surface area (Å²) in [5, 5.41) is 2.86. The first-order valence-electron chi connectivity index (χ1n) is 8.41. The summed E-state index contributed by atoms with van der Waals surface area (Å²) in [5.41, 5.74) is 2.55. The molecule has 0 aromatic heterocycles. The molecule has 26 heavy (non-hydrogen) atoms. The van der Waals surface area contributed by atoms with Gasteiger partial charge in [-0.15, -0.1) is 0 Å². The van der Waals surface area contributed by atoms with Crippen LogP contribution in [0.5, 0.6) is 11.5 Å². The van der Waals surface area contributed by atoms with Crippen molar-refractivity contribution in [2.45, 2.75) is 13.3 Å². The molecule has 0 saturated carbocycles. The minimum Gasteiger partial charge on any atom is -0.493 e. The number of rotatable bonds is 5. The summed E-state index contributed by atoms with van der Waals surface area (Å²) < 4.78 is 10.4. The fraction of sp³-hybridized carbons (Fsp3) is 0.300. The lowest BCUT2D eigenvalue weighted by atomic mass is 10.1. The summed E-state index contributed by atoms with van der Waals surface area (Å²) in [4.78, 5) is 26.6. The first kappa shape index (κ1) is 17.8. The molecule has 136 valence electrons. The van der Waals surface area contributed by atoms with Crippen LogP contribution >= 0.6 is 0 Å². The minimum absolute atomic E-state index is 0.0404. The fourth-order valence-electron chi connectivity index (χ4n) is 3.02. The van der Waals surface area contributed by atoms with E-state index in [1.165, 1.54) is 0 Å². The number of methoxy groups -OCH3 is 2. The van der Waals surface area contributed by atoms with Crippen LogP contribution < -0.4 is 19.7 Å². The van der Waals surface area contributed by atoms with Crippen molar-refractivity contribution in [1.29, 1.82) is 0 Å². The van der Waals surface area contributed by atoms with Crippen LogP contribution in [0.25, 0.3) is 0 Å². The third-order valence-electron chi connectivity index (χ3n) is 4.49. The number of aryl methyl sites for hydroxylation is 1. The number of carbonyl (C=O) groups excluding carboxylic acids is 2. The summed E-state index contributed by atoms with van der Waals surface area (Å²) in [5.74, 6) is 0.513. The van der Waals surface area contributed by atoms with Gasteiger partial charge in [-0.05, 0) is 31.2 Å². The van der Waals surface area contributed by atoms with E-state index in [4.69, 9.17) is 9.47 Å². The van der Waals surface area contributed by atoms with E-state index in [0.717, 1.165) is 11.3 Å². The Labute approximate surface area is 152 Å². The Morgan fingerprint density at radius 3 is 2.42 bits per heavy atom. The standard InChI is InChI=1S/C20H22N2O4/c1-13-4-7-16(8-5-13)22-12-14(10-19(22)23)20(24)21-15-6-9-17(25-2)18(11-15)26-3/h4-9,11,14H,10,12H2,1-3H3,(H,21,24). The monoisotopic (exact) mass is 354 g/mol.